The average molecular weight is 399 g/mol. The molecule has 1 aliphatic heterocycles. The topological polar surface area (TPSA) is 68.5 Å². The molecule has 6 nitrogen and oxygen atoms in total. The number of hydrogen-bond donors (Lipinski definition) is 1. The van der Waals surface area contributed by atoms with Crippen LogP contribution >= 0.6 is 11.6 Å². The Morgan fingerprint density at radius 3 is 2.96 bits per heavy atom. The standard InChI is InChI=1S/C20H16ClFN4O2/c21-17-7-2-1-6-16(17)18-9-19(28-25-18)20(27)24-15-10-23-26(12-15)11-13-4-3-5-14(22)8-13/h1-8,10,12,19H,9,11H2,(H,24,27). The predicted octanol–water partition coefficient (Wildman–Crippen LogP) is 3.86. The van der Waals surface area contributed by atoms with Gasteiger partial charge in [-0.05, 0) is 23.8 Å². The van der Waals surface area contributed by atoms with Crippen molar-refractivity contribution >= 4 is 28.9 Å². The van der Waals surface area contributed by atoms with E-state index in [0.717, 1.165) is 11.1 Å². The van der Waals surface area contributed by atoms with E-state index in [1.165, 1.54) is 18.3 Å². The lowest BCUT2D eigenvalue weighted by Gasteiger charge is -2.08. The monoisotopic (exact) mass is 398 g/mol. The number of amides is 1. The highest BCUT2D eigenvalue weighted by atomic mass is 35.5. The third-order valence-electron chi connectivity index (χ3n) is 4.28. The lowest BCUT2D eigenvalue weighted by Crippen LogP contribution is -2.27. The Morgan fingerprint density at radius 2 is 2.14 bits per heavy atom. The average Bonchev–Trinajstić information content (AvgIpc) is 3.32. The second kappa shape index (κ2) is 7.82. The van der Waals surface area contributed by atoms with E-state index in [0.29, 0.717) is 29.4 Å². The number of benzene rings is 2. The first kappa shape index (κ1) is 18.2. The molecule has 0 radical (unpaired) electrons. The summed E-state index contributed by atoms with van der Waals surface area (Å²) in [6.45, 7) is 0.396. The molecular formula is C20H16ClFN4O2. The fourth-order valence-corrected chi connectivity index (χ4v) is 3.18. The molecule has 28 heavy (non-hydrogen) atoms. The number of oxime groups is 1. The van der Waals surface area contributed by atoms with Gasteiger partial charge in [0, 0.05) is 23.2 Å². The molecule has 1 amide bonds. The van der Waals surface area contributed by atoms with E-state index in [4.69, 9.17) is 16.4 Å². The molecule has 142 valence electrons. The maximum absolute atomic E-state index is 13.3. The van der Waals surface area contributed by atoms with Crippen LogP contribution in [0.5, 0.6) is 0 Å². The van der Waals surface area contributed by atoms with Gasteiger partial charge in [-0.1, -0.05) is 47.1 Å². The Balaban J connectivity index is 1.36. The molecule has 0 saturated heterocycles. The van der Waals surface area contributed by atoms with Crippen molar-refractivity contribution in [3.63, 3.8) is 0 Å². The van der Waals surface area contributed by atoms with Gasteiger partial charge < -0.3 is 10.2 Å². The predicted molar refractivity (Wildman–Crippen MR) is 104 cm³/mol. The van der Waals surface area contributed by atoms with Gasteiger partial charge in [0.05, 0.1) is 24.1 Å². The normalized spacial score (nSPS) is 15.8. The summed E-state index contributed by atoms with van der Waals surface area (Å²) in [5, 5.41) is 11.5. The van der Waals surface area contributed by atoms with E-state index < -0.39 is 6.10 Å². The lowest BCUT2D eigenvalue weighted by atomic mass is 10.0. The molecule has 0 aliphatic carbocycles. The van der Waals surface area contributed by atoms with Gasteiger partial charge in [0.1, 0.15) is 5.82 Å². The van der Waals surface area contributed by atoms with E-state index in [1.54, 1.807) is 23.0 Å². The summed E-state index contributed by atoms with van der Waals surface area (Å²) >= 11 is 6.17. The number of aromatic nitrogens is 2. The maximum atomic E-state index is 13.3. The third-order valence-corrected chi connectivity index (χ3v) is 4.61. The quantitative estimate of drug-likeness (QED) is 0.709. The first-order valence-electron chi connectivity index (χ1n) is 8.64. The zero-order chi connectivity index (χ0) is 19.5. The number of nitrogens with zero attached hydrogens (tertiary/aromatic N) is 3. The Morgan fingerprint density at radius 1 is 1.29 bits per heavy atom. The highest BCUT2D eigenvalue weighted by molar-refractivity contribution is 6.34. The van der Waals surface area contributed by atoms with Crippen molar-refractivity contribution in [2.45, 2.75) is 19.1 Å². The number of nitrogens with one attached hydrogen (secondary N) is 1. The van der Waals surface area contributed by atoms with Gasteiger partial charge in [-0.3, -0.25) is 9.48 Å². The molecule has 1 atom stereocenters. The second-order valence-electron chi connectivity index (χ2n) is 6.36. The second-order valence-corrected chi connectivity index (χ2v) is 6.77. The first-order chi connectivity index (χ1) is 13.6. The Hall–Kier alpha value is -3.19. The molecule has 0 bridgehead atoms. The number of anilines is 1. The van der Waals surface area contributed by atoms with Gasteiger partial charge in [-0.2, -0.15) is 5.10 Å². The maximum Gasteiger partial charge on any atom is 0.268 e. The van der Waals surface area contributed by atoms with Crippen LogP contribution in [0, 0.1) is 5.82 Å². The molecule has 2 heterocycles. The third kappa shape index (κ3) is 4.04. The van der Waals surface area contributed by atoms with E-state index >= 15 is 0 Å². The van der Waals surface area contributed by atoms with Gasteiger partial charge in [0.15, 0.2) is 0 Å². The summed E-state index contributed by atoms with van der Waals surface area (Å²) in [7, 11) is 0. The summed E-state index contributed by atoms with van der Waals surface area (Å²) in [6.07, 6.45) is 2.79. The first-order valence-corrected chi connectivity index (χ1v) is 9.01. The van der Waals surface area contributed by atoms with E-state index in [2.05, 4.69) is 15.6 Å². The fraction of sp³-hybridized carbons (Fsp3) is 0.150. The van der Waals surface area contributed by atoms with Crippen molar-refractivity contribution < 1.29 is 14.0 Å². The smallest absolute Gasteiger partial charge is 0.268 e. The highest BCUT2D eigenvalue weighted by Crippen LogP contribution is 2.23. The van der Waals surface area contributed by atoms with Crippen molar-refractivity contribution in [3.05, 3.63) is 82.9 Å². The minimum Gasteiger partial charge on any atom is -0.382 e. The molecule has 1 unspecified atom stereocenters. The van der Waals surface area contributed by atoms with Crippen LogP contribution in [0.25, 0.3) is 0 Å². The van der Waals surface area contributed by atoms with Crippen LogP contribution in [0.1, 0.15) is 17.5 Å². The Kier molecular flexibility index (Phi) is 5.08. The number of rotatable bonds is 5. The molecule has 4 rings (SSSR count). The molecule has 0 saturated carbocycles. The minimum absolute atomic E-state index is 0.300. The molecular weight excluding hydrogens is 383 g/mol. The molecule has 0 fully saturated rings. The fourth-order valence-electron chi connectivity index (χ4n) is 2.93. The zero-order valence-corrected chi connectivity index (χ0v) is 15.4. The lowest BCUT2D eigenvalue weighted by molar-refractivity contribution is -0.125. The van der Waals surface area contributed by atoms with Crippen molar-refractivity contribution in [1.82, 2.24) is 9.78 Å². The molecule has 1 aliphatic rings. The van der Waals surface area contributed by atoms with Gasteiger partial charge >= 0.3 is 0 Å². The van der Waals surface area contributed by atoms with Crippen LogP contribution in [0.3, 0.4) is 0 Å². The number of hydrogen-bond acceptors (Lipinski definition) is 4. The van der Waals surface area contributed by atoms with Crippen molar-refractivity contribution in [2.75, 3.05) is 5.32 Å². The molecule has 0 spiro atoms. The van der Waals surface area contributed by atoms with Gasteiger partial charge in [0.25, 0.3) is 5.91 Å². The summed E-state index contributed by atoms with van der Waals surface area (Å²) in [5.74, 6) is -0.623. The SMILES string of the molecule is O=C(Nc1cnn(Cc2cccc(F)c2)c1)C1CC(c2ccccc2Cl)=NO1. The molecule has 3 aromatic rings. The van der Waals surface area contributed by atoms with Crippen molar-refractivity contribution in [1.29, 1.82) is 0 Å². The number of halogens is 2. The van der Waals surface area contributed by atoms with Crippen LogP contribution < -0.4 is 5.32 Å². The number of carbonyl (C=O) groups excluding carboxylic acids is 1. The zero-order valence-electron chi connectivity index (χ0n) is 14.7. The van der Waals surface area contributed by atoms with Crippen LogP contribution in [-0.2, 0) is 16.2 Å². The molecule has 2 aromatic carbocycles. The largest absolute Gasteiger partial charge is 0.382 e. The van der Waals surface area contributed by atoms with E-state index in [1.807, 2.05) is 24.3 Å². The van der Waals surface area contributed by atoms with Crippen molar-refractivity contribution in [2.24, 2.45) is 5.16 Å². The van der Waals surface area contributed by atoms with Crippen LogP contribution in [0.4, 0.5) is 10.1 Å². The summed E-state index contributed by atoms with van der Waals surface area (Å²) in [5.41, 5.74) is 2.68. The van der Waals surface area contributed by atoms with Crippen LogP contribution in [-0.4, -0.2) is 27.5 Å². The minimum atomic E-state index is -0.738. The number of carbonyl (C=O) groups is 1. The highest BCUT2D eigenvalue weighted by Gasteiger charge is 2.29. The Labute approximate surface area is 165 Å². The van der Waals surface area contributed by atoms with Gasteiger partial charge in [-0.25, -0.2) is 4.39 Å². The Bertz CT molecular complexity index is 1050. The molecule has 8 heteroatoms. The van der Waals surface area contributed by atoms with E-state index in [9.17, 15) is 9.18 Å². The summed E-state index contributed by atoms with van der Waals surface area (Å²) in [6, 6.07) is 13.6. The summed E-state index contributed by atoms with van der Waals surface area (Å²) in [4.78, 5) is 17.7. The van der Waals surface area contributed by atoms with Gasteiger partial charge in [0.2, 0.25) is 6.10 Å². The van der Waals surface area contributed by atoms with Gasteiger partial charge in [-0.15, -0.1) is 0 Å². The van der Waals surface area contributed by atoms with Crippen LogP contribution in [0.15, 0.2) is 66.1 Å². The van der Waals surface area contributed by atoms with Crippen LogP contribution in [0.2, 0.25) is 5.02 Å². The summed E-state index contributed by atoms with van der Waals surface area (Å²) < 4.78 is 14.9. The van der Waals surface area contributed by atoms with E-state index in [-0.39, 0.29) is 11.7 Å². The van der Waals surface area contributed by atoms with Crippen molar-refractivity contribution in [3.8, 4) is 0 Å². The molecule has 1 N–H and O–H groups in total. The molecule has 1 aromatic heterocycles.